The maximum atomic E-state index is 13.2. The van der Waals surface area contributed by atoms with Crippen molar-refractivity contribution < 1.29 is 22.7 Å². The molecule has 0 unspecified atom stereocenters. The van der Waals surface area contributed by atoms with Gasteiger partial charge >= 0.3 is 5.97 Å². The summed E-state index contributed by atoms with van der Waals surface area (Å²) in [6.07, 6.45) is 0.860. The molecule has 0 saturated heterocycles. The molecule has 0 aliphatic carbocycles. The third-order valence-corrected chi connectivity index (χ3v) is 3.93. The van der Waals surface area contributed by atoms with Crippen molar-refractivity contribution in [1.29, 1.82) is 0 Å². The average Bonchev–Trinajstić information content (AvgIpc) is 2.83. The maximum Gasteiger partial charge on any atom is 0.340 e. The molecule has 0 aliphatic rings. The van der Waals surface area contributed by atoms with Crippen LogP contribution in [0.2, 0.25) is 5.02 Å². The molecule has 0 spiro atoms. The summed E-state index contributed by atoms with van der Waals surface area (Å²) in [5.41, 5.74) is -0.621. The zero-order valence-electron chi connectivity index (χ0n) is 9.59. The van der Waals surface area contributed by atoms with E-state index in [1.165, 1.54) is 12.1 Å². The van der Waals surface area contributed by atoms with Crippen LogP contribution in [0.4, 0.5) is 10.1 Å². The highest BCUT2D eigenvalue weighted by molar-refractivity contribution is 7.92. The molecular weight excluding hydrogens is 313 g/mol. The van der Waals surface area contributed by atoms with Crippen LogP contribution in [-0.2, 0) is 10.0 Å². The number of carboxylic acids is 1. The molecule has 1 aromatic heterocycles. The molecule has 2 rings (SSSR count). The number of rotatable bonds is 4. The van der Waals surface area contributed by atoms with Crippen molar-refractivity contribution in [2.75, 3.05) is 4.72 Å². The lowest BCUT2D eigenvalue weighted by Gasteiger charge is -2.07. The first-order valence-electron chi connectivity index (χ1n) is 5.06. The summed E-state index contributed by atoms with van der Waals surface area (Å²) in [4.78, 5) is 10.9. The maximum absolute atomic E-state index is 13.2. The standard InChI is InChI=1S/C10H7ClFN3O4S/c11-7-2-1-5(3-8(7)12)15-20(18,19)9-6(10(16)17)4-13-14-9/h1-4,15H,(H,13,14)(H,16,17). The van der Waals surface area contributed by atoms with Gasteiger partial charge in [-0.05, 0) is 18.2 Å². The van der Waals surface area contributed by atoms with Gasteiger partial charge in [0.2, 0.25) is 0 Å². The Morgan fingerprint density at radius 3 is 2.75 bits per heavy atom. The molecule has 1 heterocycles. The van der Waals surface area contributed by atoms with Gasteiger partial charge in [-0.1, -0.05) is 11.6 Å². The Kier molecular flexibility index (Phi) is 3.64. The topological polar surface area (TPSA) is 112 Å². The van der Waals surface area contributed by atoms with Crippen molar-refractivity contribution in [2.24, 2.45) is 0 Å². The molecule has 106 valence electrons. The molecule has 0 aliphatic heterocycles. The van der Waals surface area contributed by atoms with Crippen molar-refractivity contribution in [3.05, 3.63) is 40.8 Å². The van der Waals surface area contributed by atoms with Crippen LogP contribution in [0.5, 0.6) is 0 Å². The number of benzene rings is 1. The first-order valence-corrected chi connectivity index (χ1v) is 6.92. The number of sulfonamides is 1. The molecule has 0 amide bonds. The van der Waals surface area contributed by atoms with E-state index in [1.807, 2.05) is 4.72 Å². The van der Waals surface area contributed by atoms with E-state index in [1.54, 1.807) is 0 Å². The molecule has 0 bridgehead atoms. The number of halogens is 2. The normalized spacial score (nSPS) is 11.3. The fraction of sp³-hybridized carbons (Fsp3) is 0. The van der Waals surface area contributed by atoms with Gasteiger partial charge < -0.3 is 5.11 Å². The molecule has 0 radical (unpaired) electrons. The third-order valence-electron chi connectivity index (χ3n) is 2.28. The molecule has 0 atom stereocenters. The largest absolute Gasteiger partial charge is 0.478 e. The number of aromatic amines is 1. The molecule has 10 heteroatoms. The molecule has 2 aromatic rings. The first kappa shape index (κ1) is 14.3. The zero-order valence-corrected chi connectivity index (χ0v) is 11.2. The summed E-state index contributed by atoms with van der Waals surface area (Å²) in [6.45, 7) is 0. The number of carboxylic acid groups (broad SMARTS) is 1. The lowest BCUT2D eigenvalue weighted by Crippen LogP contribution is -2.16. The van der Waals surface area contributed by atoms with Crippen LogP contribution >= 0.6 is 11.6 Å². The van der Waals surface area contributed by atoms with Crippen molar-refractivity contribution in [1.82, 2.24) is 10.2 Å². The number of hydrogen-bond donors (Lipinski definition) is 3. The number of aromatic nitrogens is 2. The van der Waals surface area contributed by atoms with Gasteiger partial charge in [0.1, 0.15) is 11.4 Å². The fourth-order valence-corrected chi connectivity index (χ4v) is 2.66. The predicted octanol–water partition coefficient (Wildman–Crippen LogP) is 1.70. The second-order valence-electron chi connectivity index (χ2n) is 3.65. The second kappa shape index (κ2) is 5.10. The van der Waals surface area contributed by atoms with Crippen molar-refractivity contribution >= 4 is 33.3 Å². The third kappa shape index (κ3) is 2.73. The Morgan fingerprint density at radius 2 is 2.15 bits per heavy atom. The van der Waals surface area contributed by atoms with Crippen LogP contribution in [0, 0.1) is 5.82 Å². The lowest BCUT2D eigenvalue weighted by atomic mass is 10.3. The minimum absolute atomic E-state index is 0.0992. The average molecular weight is 320 g/mol. The summed E-state index contributed by atoms with van der Waals surface area (Å²) in [7, 11) is -4.23. The monoisotopic (exact) mass is 319 g/mol. The molecule has 0 fully saturated rings. The van der Waals surface area contributed by atoms with Gasteiger partial charge in [-0.3, -0.25) is 9.82 Å². The van der Waals surface area contributed by atoms with Gasteiger partial charge in [-0.2, -0.15) is 13.5 Å². The summed E-state index contributed by atoms with van der Waals surface area (Å²) >= 11 is 5.47. The number of carbonyl (C=O) groups is 1. The van der Waals surface area contributed by atoms with E-state index in [2.05, 4.69) is 10.2 Å². The van der Waals surface area contributed by atoms with E-state index in [-0.39, 0.29) is 10.7 Å². The number of aromatic carboxylic acids is 1. The van der Waals surface area contributed by atoms with E-state index >= 15 is 0 Å². The number of H-pyrrole nitrogens is 1. The second-order valence-corrected chi connectivity index (χ2v) is 5.68. The minimum atomic E-state index is -4.23. The Morgan fingerprint density at radius 1 is 1.45 bits per heavy atom. The highest BCUT2D eigenvalue weighted by Crippen LogP contribution is 2.22. The van der Waals surface area contributed by atoms with E-state index < -0.39 is 32.4 Å². The summed E-state index contributed by atoms with van der Waals surface area (Å²) in [6, 6.07) is 3.27. The van der Waals surface area contributed by atoms with E-state index in [9.17, 15) is 17.6 Å². The zero-order chi connectivity index (χ0) is 14.9. The van der Waals surface area contributed by atoms with Crippen LogP contribution in [0.15, 0.2) is 29.4 Å². The molecule has 1 aromatic carbocycles. The Labute approximate surface area is 117 Å². The van der Waals surface area contributed by atoms with Crippen LogP contribution in [0.25, 0.3) is 0 Å². The smallest absolute Gasteiger partial charge is 0.340 e. The van der Waals surface area contributed by atoms with Crippen LogP contribution in [0.1, 0.15) is 10.4 Å². The molecule has 20 heavy (non-hydrogen) atoms. The number of anilines is 1. The summed E-state index contributed by atoms with van der Waals surface area (Å²) in [5, 5.41) is 13.5. The van der Waals surface area contributed by atoms with Crippen LogP contribution < -0.4 is 4.72 Å². The van der Waals surface area contributed by atoms with Crippen molar-refractivity contribution in [2.45, 2.75) is 5.03 Å². The highest BCUT2D eigenvalue weighted by atomic mass is 35.5. The van der Waals surface area contributed by atoms with Gasteiger partial charge in [-0.15, -0.1) is 0 Å². The SMILES string of the molecule is O=C(O)c1cn[nH]c1S(=O)(=O)Nc1ccc(Cl)c(F)c1. The summed E-state index contributed by atoms with van der Waals surface area (Å²) < 4.78 is 39.2. The number of nitrogens with one attached hydrogen (secondary N) is 2. The number of hydrogen-bond acceptors (Lipinski definition) is 4. The van der Waals surface area contributed by atoms with Gasteiger partial charge in [-0.25, -0.2) is 9.18 Å². The van der Waals surface area contributed by atoms with Crippen molar-refractivity contribution in [3.63, 3.8) is 0 Å². The van der Waals surface area contributed by atoms with Crippen LogP contribution in [0.3, 0.4) is 0 Å². The minimum Gasteiger partial charge on any atom is -0.478 e. The van der Waals surface area contributed by atoms with E-state index in [0.29, 0.717) is 0 Å². The molecule has 3 N–H and O–H groups in total. The van der Waals surface area contributed by atoms with E-state index in [4.69, 9.17) is 16.7 Å². The highest BCUT2D eigenvalue weighted by Gasteiger charge is 2.25. The predicted molar refractivity (Wildman–Crippen MR) is 67.8 cm³/mol. The number of nitrogens with zero attached hydrogens (tertiary/aromatic N) is 1. The quantitative estimate of drug-likeness (QED) is 0.794. The van der Waals surface area contributed by atoms with Gasteiger partial charge in [0.25, 0.3) is 10.0 Å². The fourth-order valence-electron chi connectivity index (χ4n) is 1.40. The Hall–Kier alpha value is -2.13. The molecule has 0 saturated carbocycles. The van der Waals surface area contributed by atoms with E-state index in [0.717, 1.165) is 12.3 Å². The molecule has 7 nitrogen and oxygen atoms in total. The summed E-state index contributed by atoms with van der Waals surface area (Å²) in [5.74, 6) is -2.27. The van der Waals surface area contributed by atoms with Gasteiger partial charge in [0.05, 0.1) is 16.9 Å². The first-order chi connectivity index (χ1) is 9.31. The Balaban J connectivity index is 2.38. The van der Waals surface area contributed by atoms with Crippen LogP contribution in [-0.4, -0.2) is 29.7 Å². The molecular formula is C10H7ClFN3O4S. The Bertz CT molecular complexity index is 775. The lowest BCUT2D eigenvalue weighted by molar-refractivity contribution is 0.0692. The van der Waals surface area contributed by atoms with Gasteiger partial charge in [0, 0.05) is 0 Å². The van der Waals surface area contributed by atoms with Crippen molar-refractivity contribution in [3.8, 4) is 0 Å². The van der Waals surface area contributed by atoms with Gasteiger partial charge in [0.15, 0.2) is 5.03 Å².